The first-order chi connectivity index (χ1) is 11.2. The Morgan fingerprint density at radius 2 is 2.00 bits per heavy atom. The van der Waals surface area contributed by atoms with Crippen molar-refractivity contribution in [2.24, 2.45) is 5.92 Å². The van der Waals surface area contributed by atoms with E-state index < -0.39 is 0 Å². The highest BCUT2D eigenvalue weighted by atomic mass is 16.3. The summed E-state index contributed by atoms with van der Waals surface area (Å²) in [5.41, 5.74) is 7.32. The maximum atomic E-state index is 12.4. The van der Waals surface area contributed by atoms with E-state index in [0.29, 0.717) is 17.2 Å². The van der Waals surface area contributed by atoms with Crippen molar-refractivity contribution in [1.82, 2.24) is 10.2 Å². The number of nitrogens with two attached hydrogens (primary N) is 1. The fourth-order valence-corrected chi connectivity index (χ4v) is 3.68. The van der Waals surface area contributed by atoms with Gasteiger partial charge in [0.2, 0.25) is 0 Å². The molecular weight excluding hydrogens is 290 g/mol. The Labute approximate surface area is 135 Å². The maximum absolute atomic E-state index is 12.4. The minimum absolute atomic E-state index is 0.126. The van der Waals surface area contributed by atoms with Crippen LogP contribution in [0.2, 0.25) is 0 Å². The van der Waals surface area contributed by atoms with E-state index in [4.69, 9.17) is 10.2 Å². The molecule has 1 unspecified atom stereocenters. The molecule has 3 heterocycles. The zero-order valence-electron chi connectivity index (χ0n) is 13.0. The van der Waals surface area contributed by atoms with Crippen molar-refractivity contribution < 1.29 is 9.21 Å². The molecule has 2 aliphatic rings. The SMILES string of the molecule is Nc1ccc(-c2ccc(C(=O)N[C@@H]3C[C@@H]4CCN(C4)C3)o2)cc1. The molecule has 2 bridgehead atoms. The number of nitrogen functional groups attached to an aromatic ring is 1. The van der Waals surface area contributed by atoms with Crippen LogP contribution >= 0.6 is 0 Å². The van der Waals surface area contributed by atoms with Crippen molar-refractivity contribution >= 4 is 11.6 Å². The summed E-state index contributed by atoms with van der Waals surface area (Å²) in [6.07, 6.45) is 2.34. The molecule has 120 valence electrons. The van der Waals surface area contributed by atoms with E-state index in [2.05, 4.69) is 10.2 Å². The molecule has 23 heavy (non-hydrogen) atoms. The van der Waals surface area contributed by atoms with Crippen molar-refractivity contribution in [3.63, 3.8) is 0 Å². The van der Waals surface area contributed by atoms with Crippen molar-refractivity contribution in [1.29, 1.82) is 0 Å². The van der Waals surface area contributed by atoms with Gasteiger partial charge in [-0.25, -0.2) is 0 Å². The molecule has 0 saturated carbocycles. The number of hydrogen-bond donors (Lipinski definition) is 2. The summed E-state index contributed by atoms with van der Waals surface area (Å²) in [7, 11) is 0. The van der Waals surface area contributed by atoms with Gasteiger partial charge in [0.1, 0.15) is 5.76 Å². The monoisotopic (exact) mass is 311 g/mol. The van der Waals surface area contributed by atoms with Gasteiger partial charge in [-0.3, -0.25) is 4.79 Å². The number of furan rings is 1. The van der Waals surface area contributed by atoms with Crippen molar-refractivity contribution in [2.45, 2.75) is 18.9 Å². The molecule has 3 N–H and O–H groups in total. The van der Waals surface area contributed by atoms with Gasteiger partial charge in [-0.05, 0) is 61.7 Å². The topological polar surface area (TPSA) is 71.5 Å². The van der Waals surface area contributed by atoms with Crippen molar-refractivity contribution in [2.75, 3.05) is 25.4 Å². The molecule has 2 aliphatic heterocycles. The number of hydrogen-bond acceptors (Lipinski definition) is 4. The van der Waals surface area contributed by atoms with Crippen LogP contribution in [0.1, 0.15) is 23.4 Å². The van der Waals surface area contributed by atoms with E-state index in [-0.39, 0.29) is 11.9 Å². The van der Waals surface area contributed by atoms with Crippen LogP contribution in [-0.2, 0) is 0 Å². The molecule has 0 spiro atoms. The molecule has 1 aromatic heterocycles. The van der Waals surface area contributed by atoms with Crippen LogP contribution in [-0.4, -0.2) is 36.5 Å². The average Bonchev–Trinajstić information content (AvgIpc) is 3.15. The average molecular weight is 311 g/mol. The third-order valence-electron chi connectivity index (χ3n) is 4.83. The normalized spacial score (nSPS) is 26.2. The fraction of sp³-hybridized carbons (Fsp3) is 0.389. The Morgan fingerprint density at radius 3 is 2.78 bits per heavy atom. The molecule has 4 rings (SSSR count). The van der Waals surface area contributed by atoms with Crippen molar-refractivity contribution in [3.05, 3.63) is 42.2 Å². The molecule has 1 amide bonds. The second-order valence-electron chi connectivity index (χ2n) is 6.61. The number of carbonyl (C=O) groups excluding carboxylic acids is 1. The number of amides is 1. The van der Waals surface area contributed by atoms with Gasteiger partial charge in [-0.1, -0.05) is 0 Å². The van der Waals surface area contributed by atoms with E-state index >= 15 is 0 Å². The van der Waals surface area contributed by atoms with Gasteiger partial charge >= 0.3 is 0 Å². The molecule has 2 aromatic rings. The predicted molar refractivity (Wildman–Crippen MR) is 89.0 cm³/mol. The van der Waals surface area contributed by atoms with Gasteiger partial charge in [0, 0.05) is 30.4 Å². The minimum atomic E-state index is -0.126. The number of nitrogens with one attached hydrogen (secondary N) is 1. The van der Waals surface area contributed by atoms with E-state index in [1.54, 1.807) is 6.07 Å². The van der Waals surface area contributed by atoms with Gasteiger partial charge in [-0.2, -0.15) is 0 Å². The second kappa shape index (κ2) is 5.74. The Hall–Kier alpha value is -2.27. The van der Waals surface area contributed by atoms with Gasteiger partial charge < -0.3 is 20.4 Å². The molecule has 5 nitrogen and oxygen atoms in total. The Morgan fingerprint density at radius 1 is 1.17 bits per heavy atom. The molecule has 3 atom stereocenters. The van der Waals surface area contributed by atoms with E-state index in [1.165, 1.54) is 19.5 Å². The molecular formula is C18H21N3O2. The zero-order chi connectivity index (χ0) is 15.8. The Kier molecular flexibility index (Phi) is 3.58. The molecule has 2 saturated heterocycles. The number of rotatable bonds is 3. The summed E-state index contributed by atoms with van der Waals surface area (Å²) in [4.78, 5) is 14.8. The van der Waals surface area contributed by atoms with Gasteiger partial charge in [-0.15, -0.1) is 0 Å². The van der Waals surface area contributed by atoms with Crippen LogP contribution in [0.3, 0.4) is 0 Å². The number of piperidine rings is 1. The summed E-state index contributed by atoms with van der Waals surface area (Å²) in [6.45, 7) is 3.31. The Balaban J connectivity index is 1.44. The number of fused-ring (bicyclic) bond motifs is 2. The Bertz CT molecular complexity index is 695. The van der Waals surface area contributed by atoms with Crippen LogP contribution in [0.15, 0.2) is 40.8 Å². The highest BCUT2D eigenvalue weighted by Crippen LogP contribution is 2.27. The standard InChI is InChI=1S/C18H21N3O2/c19-14-3-1-13(2-4-14)16-5-6-17(23-16)18(22)20-15-9-12-7-8-21(10-12)11-15/h1-6,12,15H,7-11,19H2,(H,20,22)/t12-,15+/m0/s1. The summed E-state index contributed by atoms with van der Waals surface area (Å²) in [5, 5.41) is 3.12. The van der Waals surface area contributed by atoms with Gasteiger partial charge in [0.25, 0.3) is 5.91 Å². The maximum Gasteiger partial charge on any atom is 0.287 e. The smallest absolute Gasteiger partial charge is 0.287 e. The number of anilines is 1. The van der Waals surface area contributed by atoms with Crippen molar-refractivity contribution in [3.8, 4) is 11.3 Å². The lowest BCUT2D eigenvalue weighted by atomic mass is 9.97. The second-order valence-corrected chi connectivity index (χ2v) is 6.61. The number of carbonyl (C=O) groups is 1. The quantitative estimate of drug-likeness (QED) is 0.854. The molecule has 0 aliphatic carbocycles. The van der Waals surface area contributed by atoms with Crippen LogP contribution in [0.25, 0.3) is 11.3 Å². The summed E-state index contributed by atoms with van der Waals surface area (Å²) in [6, 6.07) is 11.2. The highest BCUT2D eigenvalue weighted by Gasteiger charge is 2.33. The zero-order valence-corrected chi connectivity index (χ0v) is 13.0. The summed E-state index contributed by atoms with van der Waals surface area (Å²) in [5.74, 6) is 1.66. The van der Waals surface area contributed by atoms with Crippen LogP contribution in [0.5, 0.6) is 0 Å². The van der Waals surface area contributed by atoms with Crippen LogP contribution < -0.4 is 11.1 Å². The summed E-state index contributed by atoms with van der Waals surface area (Å²) < 4.78 is 5.72. The highest BCUT2D eigenvalue weighted by molar-refractivity contribution is 5.92. The first-order valence-electron chi connectivity index (χ1n) is 8.16. The van der Waals surface area contributed by atoms with Crippen LogP contribution in [0.4, 0.5) is 5.69 Å². The first kappa shape index (κ1) is 14.3. The lowest BCUT2D eigenvalue weighted by Crippen LogP contribution is -2.46. The van der Waals surface area contributed by atoms with Gasteiger partial charge in [0.15, 0.2) is 5.76 Å². The third kappa shape index (κ3) is 2.97. The van der Waals surface area contributed by atoms with E-state index in [0.717, 1.165) is 24.4 Å². The molecule has 0 radical (unpaired) electrons. The van der Waals surface area contributed by atoms with Gasteiger partial charge in [0.05, 0.1) is 0 Å². The van der Waals surface area contributed by atoms with E-state index in [1.807, 2.05) is 30.3 Å². The minimum Gasteiger partial charge on any atom is -0.451 e. The third-order valence-corrected chi connectivity index (χ3v) is 4.83. The van der Waals surface area contributed by atoms with E-state index in [9.17, 15) is 4.79 Å². The lowest BCUT2D eigenvalue weighted by Gasteiger charge is -2.30. The fourth-order valence-electron chi connectivity index (χ4n) is 3.68. The first-order valence-corrected chi connectivity index (χ1v) is 8.16. The molecule has 2 fully saturated rings. The number of benzene rings is 1. The predicted octanol–water partition coefficient (Wildman–Crippen LogP) is 2.35. The molecule has 5 heteroatoms. The van der Waals surface area contributed by atoms with Crippen LogP contribution in [0, 0.1) is 5.92 Å². The lowest BCUT2D eigenvalue weighted by molar-refractivity contribution is 0.0882. The largest absolute Gasteiger partial charge is 0.451 e. The number of nitrogens with zero attached hydrogens (tertiary/aromatic N) is 1. The summed E-state index contributed by atoms with van der Waals surface area (Å²) >= 11 is 0. The molecule has 1 aromatic carbocycles.